The van der Waals surface area contributed by atoms with Gasteiger partial charge in [-0.3, -0.25) is 0 Å². The van der Waals surface area contributed by atoms with Crippen molar-refractivity contribution >= 4 is 21.6 Å². The van der Waals surface area contributed by atoms with Crippen molar-refractivity contribution in [2.24, 2.45) is 0 Å². The van der Waals surface area contributed by atoms with E-state index in [-0.39, 0.29) is 6.10 Å². The van der Waals surface area contributed by atoms with E-state index in [0.717, 1.165) is 23.2 Å². The van der Waals surface area contributed by atoms with Crippen molar-refractivity contribution in [3.05, 3.63) is 28.2 Å². The van der Waals surface area contributed by atoms with E-state index in [1.165, 1.54) is 0 Å². The first-order valence-electron chi connectivity index (χ1n) is 5.67. The molecule has 2 unspecified atom stereocenters. The molecule has 0 radical (unpaired) electrons. The second-order valence-corrected chi connectivity index (χ2v) is 5.23. The predicted molar refractivity (Wildman–Crippen MR) is 71.1 cm³/mol. The van der Waals surface area contributed by atoms with Crippen LogP contribution < -0.4 is 4.90 Å². The van der Waals surface area contributed by atoms with Crippen LogP contribution in [0.2, 0.25) is 0 Å². The Balaban J connectivity index is 2.33. The molecule has 0 bridgehead atoms. The minimum absolute atomic E-state index is 0.213. The molecule has 1 aliphatic heterocycles. The fourth-order valence-corrected chi connectivity index (χ4v) is 2.65. The lowest BCUT2D eigenvalue weighted by atomic mass is 10.1. The standard InChI is InChI=1S/C13H15BrN2O/c1-9-12(5-6-17-9)16(2)13-7-11(14)4-3-10(13)8-15/h3-4,7,9,12H,5-6H2,1-2H3. The number of benzene rings is 1. The molecule has 1 aromatic rings. The molecule has 1 aliphatic rings. The van der Waals surface area contributed by atoms with Crippen LogP contribution in [0.4, 0.5) is 5.69 Å². The quantitative estimate of drug-likeness (QED) is 0.841. The Bertz CT molecular complexity index is 455. The van der Waals surface area contributed by atoms with Crippen molar-refractivity contribution < 1.29 is 4.74 Å². The molecule has 2 atom stereocenters. The van der Waals surface area contributed by atoms with Gasteiger partial charge in [-0.15, -0.1) is 0 Å². The van der Waals surface area contributed by atoms with Crippen LogP contribution in [0.25, 0.3) is 0 Å². The van der Waals surface area contributed by atoms with Crippen molar-refractivity contribution in [1.29, 1.82) is 5.26 Å². The summed E-state index contributed by atoms with van der Waals surface area (Å²) in [4.78, 5) is 2.15. The minimum atomic E-state index is 0.213. The van der Waals surface area contributed by atoms with Crippen LogP contribution in [0.3, 0.4) is 0 Å². The van der Waals surface area contributed by atoms with E-state index >= 15 is 0 Å². The number of rotatable bonds is 2. The number of halogens is 1. The van der Waals surface area contributed by atoms with Gasteiger partial charge in [-0.05, 0) is 31.5 Å². The van der Waals surface area contributed by atoms with E-state index in [1.54, 1.807) is 0 Å². The number of likely N-dealkylation sites (N-methyl/N-ethyl adjacent to an activating group) is 1. The average molecular weight is 295 g/mol. The summed E-state index contributed by atoms with van der Waals surface area (Å²) in [5.74, 6) is 0. The molecular formula is C13H15BrN2O. The molecule has 4 heteroatoms. The van der Waals surface area contributed by atoms with Gasteiger partial charge in [-0.25, -0.2) is 0 Å². The Kier molecular flexibility index (Phi) is 3.70. The molecule has 0 saturated carbocycles. The van der Waals surface area contributed by atoms with Gasteiger partial charge in [0, 0.05) is 18.1 Å². The van der Waals surface area contributed by atoms with Gasteiger partial charge in [0.15, 0.2) is 0 Å². The van der Waals surface area contributed by atoms with Crippen molar-refractivity contribution in [2.45, 2.75) is 25.5 Å². The first-order valence-corrected chi connectivity index (χ1v) is 6.47. The molecular weight excluding hydrogens is 280 g/mol. The summed E-state index contributed by atoms with van der Waals surface area (Å²) in [6.07, 6.45) is 1.22. The summed E-state index contributed by atoms with van der Waals surface area (Å²) < 4.78 is 6.57. The lowest BCUT2D eigenvalue weighted by molar-refractivity contribution is 0.118. The molecule has 0 spiro atoms. The molecule has 1 saturated heterocycles. The maximum atomic E-state index is 9.14. The number of hydrogen-bond donors (Lipinski definition) is 0. The van der Waals surface area contributed by atoms with Gasteiger partial charge < -0.3 is 9.64 Å². The third-order valence-electron chi connectivity index (χ3n) is 3.29. The first-order chi connectivity index (χ1) is 8.13. The Hall–Kier alpha value is -1.05. The fourth-order valence-electron chi connectivity index (χ4n) is 2.30. The van der Waals surface area contributed by atoms with Crippen LogP contribution in [0.15, 0.2) is 22.7 Å². The van der Waals surface area contributed by atoms with Gasteiger partial charge in [0.05, 0.1) is 23.4 Å². The van der Waals surface area contributed by atoms with Gasteiger partial charge in [-0.1, -0.05) is 15.9 Å². The van der Waals surface area contributed by atoms with E-state index in [0.29, 0.717) is 11.6 Å². The molecule has 0 amide bonds. The fraction of sp³-hybridized carbons (Fsp3) is 0.462. The van der Waals surface area contributed by atoms with Crippen molar-refractivity contribution in [2.75, 3.05) is 18.6 Å². The number of hydrogen-bond acceptors (Lipinski definition) is 3. The van der Waals surface area contributed by atoms with Crippen molar-refractivity contribution in [3.8, 4) is 6.07 Å². The zero-order valence-electron chi connectivity index (χ0n) is 9.98. The topological polar surface area (TPSA) is 36.3 Å². The monoisotopic (exact) mass is 294 g/mol. The van der Waals surface area contributed by atoms with E-state index in [4.69, 9.17) is 10.00 Å². The molecule has 17 heavy (non-hydrogen) atoms. The molecule has 90 valence electrons. The van der Waals surface area contributed by atoms with Gasteiger partial charge in [-0.2, -0.15) is 5.26 Å². The molecule has 1 aromatic carbocycles. The van der Waals surface area contributed by atoms with Crippen LogP contribution in [0.5, 0.6) is 0 Å². The lowest BCUT2D eigenvalue weighted by Gasteiger charge is -2.29. The smallest absolute Gasteiger partial charge is 0.101 e. The second-order valence-electron chi connectivity index (χ2n) is 4.32. The molecule has 1 fully saturated rings. The number of nitriles is 1. The Morgan fingerprint density at radius 2 is 2.29 bits per heavy atom. The van der Waals surface area contributed by atoms with Crippen molar-refractivity contribution in [3.63, 3.8) is 0 Å². The number of nitrogens with zero attached hydrogens (tertiary/aromatic N) is 2. The van der Waals surface area contributed by atoms with E-state index in [2.05, 4.69) is 33.8 Å². The van der Waals surface area contributed by atoms with Gasteiger partial charge in [0.25, 0.3) is 0 Å². The molecule has 1 heterocycles. The maximum absolute atomic E-state index is 9.14. The average Bonchev–Trinajstić information content (AvgIpc) is 2.74. The van der Waals surface area contributed by atoms with Gasteiger partial charge in [0.2, 0.25) is 0 Å². The summed E-state index contributed by atoms with van der Waals surface area (Å²) in [7, 11) is 2.03. The molecule has 0 aromatic heterocycles. The molecule has 0 aliphatic carbocycles. The Morgan fingerprint density at radius 1 is 1.53 bits per heavy atom. The third kappa shape index (κ3) is 2.46. The third-order valence-corrected chi connectivity index (χ3v) is 3.79. The summed E-state index contributed by atoms with van der Waals surface area (Å²) >= 11 is 3.45. The highest BCUT2D eigenvalue weighted by Gasteiger charge is 2.29. The minimum Gasteiger partial charge on any atom is -0.376 e. The maximum Gasteiger partial charge on any atom is 0.101 e. The highest BCUT2D eigenvalue weighted by molar-refractivity contribution is 9.10. The van der Waals surface area contributed by atoms with Crippen LogP contribution in [0, 0.1) is 11.3 Å². The van der Waals surface area contributed by atoms with Gasteiger partial charge in [0.1, 0.15) is 6.07 Å². The summed E-state index contributed by atoms with van der Waals surface area (Å²) in [5, 5.41) is 9.14. The largest absolute Gasteiger partial charge is 0.376 e. The number of ether oxygens (including phenoxy) is 1. The van der Waals surface area contributed by atoms with Crippen LogP contribution >= 0.6 is 15.9 Å². The predicted octanol–water partition coefficient (Wildman–Crippen LogP) is 2.93. The normalized spacial score (nSPS) is 23.4. The van der Waals surface area contributed by atoms with E-state index in [9.17, 15) is 0 Å². The summed E-state index contributed by atoms with van der Waals surface area (Å²) in [5.41, 5.74) is 1.67. The highest BCUT2D eigenvalue weighted by atomic mass is 79.9. The van der Waals surface area contributed by atoms with E-state index in [1.807, 2.05) is 25.2 Å². The zero-order chi connectivity index (χ0) is 12.4. The first kappa shape index (κ1) is 12.4. The molecule has 0 N–H and O–H groups in total. The zero-order valence-corrected chi connectivity index (χ0v) is 11.6. The van der Waals surface area contributed by atoms with Crippen molar-refractivity contribution in [1.82, 2.24) is 0 Å². The van der Waals surface area contributed by atoms with Crippen LogP contribution in [-0.2, 0) is 4.74 Å². The summed E-state index contributed by atoms with van der Waals surface area (Å²) in [6.45, 7) is 2.88. The second kappa shape index (κ2) is 5.07. The summed E-state index contributed by atoms with van der Waals surface area (Å²) in [6, 6.07) is 8.31. The van der Waals surface area contributed by atoms with Gasteiger partial charge >= 0.3 is 0 Å². The van der Waals surface area contributed by atoms with Crippen LogP contribution in [-0.4, -0.2) is 25.8 Å². The lowest BCUT2D eigenvalue weighted by Crippen LogP contribution is -2.37. The SMILES string of the molecule is CC1OCCC1N(C)c1cc(Br)ccc1C#N. The Labute approximate surface area is 110 Å². The van der Waals surface area contributed by atoms with E-state index < -0.39 is 0 Å². The number of anilines is 1. The molecule has 2 rings (SSSR count). The highest BCUT2D eigenvalue weighted by Crippen LogP contribution is 2.29. The molecule has 3 nitrogen and oxygen atoms in total. The Morgan fingerprint density at radius 3 is 2.88 bits per heavy atom. The van der Waals surface area contributed by atoms with Crippen LogP contribution in [0.1, 0.15) is 18.9 Å².